The van der Waals surface area contributed by atoms with Crippen LogP contribution in [0.4, 0.5) is 11.4 Å². The van der Waals surface area contributed by atoms with Crippen LogP contribution in [0.1, 0.15) is 21.6 Å². The molecule has 3 aromatic rings. The molecule has 0 aliphatic carbocycles. The highest BCUT2D eigenvalue weighted by molar-refractivity contribution is 6.31. The average molecular weight is 366 g/mol. The normalized spacial score (nSPS) is 10.4. The van der Waals surface area contributed by atoms with Gasteiger partial charge in [-0.25, -0.2) is 4.98 Å². The maximum Gasteiger partial charge on any atom is 0.274 e. The van der Waals surface area contributed by atoms with E-state index in [2.05, 4.69) is 27.3 Å². The van der Waals surface area contributed by atoms with Crippen molar-refractivity contribution in [2.45, 2.75) is 13.5 Å². The number of anilines is 2. The minimum Gasteiger partial charge on any atom is -0.369 e. The zero-order valence-electron chi connectivity index (χ0n) is 14.7. The van der Waals surface area contributed by atoms with Crippen LogP contribution in [0, 0.1) is 6.92 Å². The van der Waals surface area contributed by atoms with Crippen LogP contribution in [0.3, 0.4) is 0 Å². The van der Waals surface area contributed by atoms with Crippen LogP contribution in [0.2, 0.25) is 5.02 Å². The number of hydrogen-bond donors (Lipinski definition) is 1. The van der Waals surface area contributed by atoms with Crippen LogP contribution in [-0.2, 0) is 6.54 Å². The highest BCUT2D eigenvalue weighted by Crippen LogP contribution is 2.21. The van der Waals surface area contributed by atoms with Crippen molar-refractivity contribution in [1.29, 1.82) is 0 Å². The zero-order chi connectivity index (χ0) is 18.5. The van der Waals surface area contributed by atoms with Crippen LogP contribution in [0.5, 0.6) is 0 Å². The molecule has 2 aromatic carbocycles. The van der Waals surface area contributed by atoms with Gasteiger partial charge in [0.15, 0.2) is 0 Å². The van der Waals surface area contributed by atoms with E-state index in [0.29, 0.717) is 16.4 Å². The van der Waals surface area contributed by atoms with Gasteiger partial charge in [0.25, 0.3) is 5.91 Å². The first kappa shape index (κ1) is 18.0. The zero-order valence-corrected chi connectivity index (χ0v) is 15.5. The van der Waals surface area contributed by atoms with Crippen molar-refractivity contribution < 1.29 is 4.79 Å². The van der Waals surface area contributed by atoms with Crippen molar-refractivity contribution in [1.82, 2.24) is 4.98 Å². The van der Waals surface area contributed by atoms with Gasteiger partial charge in [0, 0.05) is 24.3 Å². The molecule has 1 amide bonds. The lowest BCUT2D eigenvalue weighted by Crippen LogP contribution is -2.18. The Bertz CT molecular complexity index is 895. The maximum absolute atomic E-state index is 12.4. The Kier molecular flexibility index (Phi) is 5.54. The highest BCUT2D eigenvalue weighted by Gasteiger charge is 2.10. The molecule has 0 spiro atoms. The van der Waals surface area contributed by atoms with Crippen molar-refractivity contribution >= 4 is 28.9 Å². The van der Waals surface area contributed by atoms with E-state index >= 15 is 0 Å². The third kappa shape index (κ3) is 4.41. The smallest absolute Gasteiger partial charge is 0.274 e. The Morgan fingerprint density at radius 3 is 2.54 bits per heavy atom. The molecular formula is C21H20ClN3O. The minimum absolute atomic E-state index is 0.262. The van der Waals surface area contributed by atoms with E-state index < -0.39 is 0 Å². The Labute approximate surface area is 158 Å². The SMILES string of the molecule is Cc1ccc(NC(=O)c2ccc(N(C)Cc3ccccc3)cn2)cc1Cl. The first-order valence-electron chi connectivity index (χ1n) is 8.31. The van der Waals surface area contributed by atoms with E-state index in [1.807, 2.05) is 50.4 Å². The Morgan fingerprint density at radius 2 is 1.88 bits per heavy atom. The summed E-state index contributed by atoms with van der Waals surface area (Å²) in [6.45, 7) is 2.69. The molecule has 0 aliphatic rings. The van der Waals surface area contributed by atoms with Gasteiger partial charge in [-0.3, -0.25) is 4.79 Å². The number of rotatable bonds is 5. The number of hydrogen-bond acceptors (Lipinski definition) is 3. The molecule has 0 fully saturated rings. The molecule has 132 valence electrons. The summed E-state index contributed by atoms with van der Waals surface area (Å²) >= 11 is 6.09. The number of nitrogens with one attached hydrogen (secondary N) is 1. The number of amides is 1. The summed E-state index contributed by atoms with van der Waals surface area (Å²) in [5.74, 6) is -0.262. The quantitative estimate of drug-likeness (QED) is 0.697. The van der Waals surface area contributed by atoms with E-state index in [1.165, 1.54) is 5.56 Å². The maximum atomic E-state index is 12.4. The summed E-state index contributed by atoms with van der Waals surface area (Å²) < 4.78 is 0. The van der Waals surface area contributed by atoms with E-state index in [0.717, 1.165) is 17.8 Å². The number of nitrogens with zero attached hydrogens (tertiary/aromatic N) is 2. The fourth-order valence-electron chi connectivity index (χ4n) is 2.56. The Balaban J connectivity index is 1.66. The van der Waals surface area contributed by atoms with Gasteiger partial charge in [-0.2, -0.15) is 0 Å². The first-order valence-corrected chi connectivity index (χ1v) is 8.69. The lowest BCUT2D eigenvalue weighted by atomic mass is 10.2. The predicted octanol–water partition coefficient (Wildman–Crippen LogP) is 4.93. The molecule has 0 saturated heterocycles. The number of aryl methyl sites for hydroxylation is 1. The standard InChI is InChI=1S/C21H20ClN3O/c1-15-8-9-17(12-19(15)22)24-21(26)20-11-10-18(13-23-20)25(2)14-16-6-4-3-5-7-16/h3-13H,14H2,1-2H3,(H,24,26). The number of carbonyl (C=O) groups is 1. The van der Waals surface area contributed by atoms with Crippen molar-refractivity contribution in [3.8, 4) is 0 Å². The molecule has 0 saturated carbocycles. The topological polar surface area (TPSA) is 45.2 Å². The number of aromatic nitrogens is 1. The lowest BCUT2D eigenvalue weighted by molar-refractivity contribution is 0.102. The van der Waals surface area contributed by atoms with Gasteiger partial charge in [-0.05, 0) is 42.3 Å². The van der Waals surface area contributed by atoms with E-state index in [-0.39, 0.29) is 5.91 Å². The number of halogens is 1. The van der Waals surface area contributed by atoms with Crippen molar-refractivity contribution in [3.05, 3.63) is 88.7 Å². The third-order valence-electron chi connectivity index (χ3n) is 4.11. The van der Waals surface area contributed by atoms with E-state index in [4.69, 9.17) is 11.6 Å². The van der Waals surface area contributed by atoms with Gasteiger partial charge >= 0.3 is 0 Å². The molecule has 4 nitrogen and oxygen atoms in total. The Hall–Kier alpha value is -2.85. The molecule has 5 heteroatoms. The summed E-state index contributed by atoms with van der Waals surface area (Å²) in [7, 11) is 2.00. The second-order valence-corrected chi connectivity index (χ2v) is 6.57. The van der Waals surface area contributed by atoms with E-state index in [9.17, 15) is 4.79 Å². The minimum atomic E-state index is -0.262. The first-order chi connectivity index (χ1) is 12.5. The lowest BCUT2D eigenvalue weighted by Gasteiger charge is -2.19. The van der Waals surface area contributed by atoms with Crippen LogP contribution in [0.25, 0.3) is 0 Å². The molecular weight excluding hydrogens is 346 g/mol. The molecule has 1 heterocycles. The van der Waals surface area contributed by atoms with Crippen LogP contribution >= 0.6 is 11.6 Å². The van der Waals surface area contributed by atoms with Crippen LogP contribution in [-0.4, -0.2) is 17.9 Å². The molecule has 26 heavy (non-hydrogen) atoms. The molecule has 0 unspecified atom stereocenters. The summed E-state index contributed by atoms with van der Waals surface area (Å²) in [4.78, 5) is 18.7. The molecule has 3 rings (SSSR count). The van der Waals surface area contributed by atoms with Crippen molar-refractivity contribution in [2.75, 3.05) is 17.3 Å². The van der Waals surface area contributed by atoms with Gasteiger partial charge in [-0.1, -0.05) is 48.0 Å². The van der Waals surface area contributed by atoms with Crippen molar-refractivity contribution in [2.24, 2.45) is 0 Å². The molecule has 1 N–H and O–H groups in total. The molecule has 0 bridgehead atoms. The largest absolute Gasteiger partial charge is 0.369 e. The summed E-state index contributed by atoms with van der Waals surface area (Å²) in [5.41, 5.74) is 4.14. The van der Waals surface area contributed by atoms with Crippen molar-refractivity contribution in [3.63, 3.8) is 0 Å². The molecule has 1 aromatic heterocycles. The van der Waals surface area contributed by atoms with Crippen LogP contribution in [0.15, 0.2) is 66.9 Å². The predicted molar refractivity (Wildman–Crippen MR) is 107 cm³/mol. The Morgan fingerprint density at radius 1 is 1.12 bits per heavy atom. The van der Waals surface area contributed by atoms with E-state index in [1.54, 1.807) is 18.3 Å². The third-order valence-corrected chi connectivity index (χ3v) is 4.52. The van der Waals surface area contributed by atoms with Gasteiger partial charge in [0.1, 0.15) is 5.69 Å². The van der Waals surface area contributed by atoms with Crippen LogP contribution < -0.4 is 10.2 Å². The molecule has 0 radical (unpaired) electrons. The fraction of sp³-hybridized carbons (Fsp3) is 0.143. The van der Waals surface area contributed by atoms with Gasteiger partial charge < -0.3 is 10.2 Å². The highest BCUT2D eigenvalue weighted by atomic mass is 35.5. The summed E-state index contributed by atoms with van der Waals surface area (Å²) in [6, 6.07) is 19.2. The summed E-state index contributed by atoms with van der Waals surface area (Å²) in [5, 5.41) is 3.43. The number of pyridine rings is 1. The number of benzene rings is 2. The average Bonchev–Trinajstić information content (AvgIpc) is 2.65. The molecule has 0 aliphatic heterocycles. The summed E-state index contributed by atoms with van der Waals surface area (Å²) in [6.07, 6.45) is 1.71. The van der Waals surface area contributed by atoms with Gasteiger partial charge in [0.2, 0.25) is 0 Å². The van der Waals surface area contributed by atoms with Gasteiger partial charge in [0.05, 0.1) is 11.9 Å². The molecule has 0 atom stereocenters. The number of carbonyl (C=O) groups excluding carboxylic acids is 1. The second-order valence-electron chi connectivity index (χ2n) is 6.16. The monoisotopic (exact) mass is 365 g/mol. The fourth-order valence-corrected chi connectivity index (χ4v) is 2.74. The van der Waals surface area contributed by atoms with Gasteiger partial charge in [-0.15, -0.1) is 0 Å². The second kappa shape index (κ2) is 8.02.